The van der Waals surface area contributed by atoms with Gasteiger partial charge in [0.25, 0.3) is 0 Å². The van der Waals surface area contributed by atoms with Gasteiger partial charge in [-0.1, -0.05) is 6.07 Å². The van der Waals surface area contributed by atoms with Gasteiger partial charge in [-0.05, 0) is 44.1 Å². The van der Waals surface area contributed by atoms with Crippen LogP contribution in [0.25, 0.3) is 0 Å². The Balaban J connectivity index is 0.000000317. The number of carboxylic acids is 2. The lowest BCUT2D eigenvalue weighted by atomic mass is 9.72. The molecule has 2 atom stereocenters. The van der Waals surface area contributed by atoms with Crippen LogP contribution in [0.3, 0.4) is 0 Å². The van der Waals surface area contributed by atoms with Crippen LogP contribution in [-0.2, 0) is 19.1 Å². The van der Waals surface area contributed by atoms with Crippen LogP contribution in [-0.4, -0.2) is 96.6 Å². The van der Waals surface area contributed by atoms with Gasteiger partial charge < -0.3 is 29.3 Å². The molecule has 1 aromatic heterocycles. The first-order chi connectivity index (χ1) is 18.2. The molecule has 3 fully saturated rings. The lowest BCUT2D eigenvalue weighted by molar-refractivity contribution is -0.193. The van der Waals surface area contributed by atoms with Crippen LogP contribution in [0.2, 0.25) is 0 Å². The van der Waals surface area contributed by atoms with Gasteiger partial charge in [0, 0.05) is 57.1 Å². The highest BCUT2D eigenvalue weighted by Gasteiger charge is 2.47. The maximum absolute atomic E-state index is 10.6. The highest BCUT2D eigenvalue weighted by atomic mass is 19.4. The molecule has 2 N–H and O–H groups in total. The number of hydrogen-bond acceptors (Lipinski definition) is 7. The Morgan fingerprint density at radius 2 is 1.64 bits per heavy atom. The normalized spacial score (nSPS) is 24.2. The minimum Gasteiger partial charge on any atom is -0.477 e. The predicted octanol–water partition coefficient (Wildman–Crippen LogP) is 4.02. The molecular weight excluding hydrogens is 542 g/mol. The van der Waals surface area contributed by atoms with E-state index in [1.54, 1.807) is 6.20 Å². The quantitative estimate of drug-likeness (QED) is 0.503. The fraction of sp³-hybridized carbons (Fsp3) is 0.708. The van der Waals surface area contributed by atoms with E-state index in [0.29, 0.717) is 12.7 Å². The van der Waals surface area contributed by atoms with Crippen molar-refractivity contribution >= 4 is 11.9 Å². The zero-order chi connectivity index (χ0) is 29.1. The van der Waals surface area contributed by atoms with Gasteiger partial charge in [0.2, 0.25) is 5.88 Å². The van der Waals surface area contributed by atoms with E-state index < -0.39 is 24.3 Å². The molecule has 9 nitrogen and oxygen atoms in total. The number of nitrogens with zero attached hydrogens (tertiary/aromatic N) is 2. The van der Waals surface area contributed by atoms with Gasteiger partial charge in [-0.3, -0.25) is 0 Å². The maximum atomic E-state index is 10.6. The van der Waals surface area contributed by atoms with Crippen LogP contribution in [0, 0.1) is 11.3 Å². The van der Waals surface area contributed by atoms with Gasteiger partial charge in [0.15, 0.2) is 0 Å². The summed E-state index contributed by atoms with van der Waals surface area (Å²) in [7, 11) is 0. The minimum absolute atomic E-state index is 0.110. The van der Waals surface area contributed by atoms with E-state index in [2.05, 4.69) is 9.88 Å². The monoisotopic (exact) mass is 574 g/mol. The minimum atomic E-state index is -5.08. The molecule has 4 rings (SSSR count). The number of likely N-dealkylation sites (tertiary alicyclic amines) is 1. The second kappa shape index (κ2) is 14.7. The number of aromatic nitrogens is 1. The second-order valence-electron chi connectivity index (χ2n) is 9.47. The molecular formula is C24H32F6N2O7. The molecule has 0 saturated carbocycles. The zero-order valence-electron chi connectivity index (χ0n) is 21.0. The van der Waals surface area contributed by atoms with Gasteiger partial charge in [-0.15, -0.1) is 0 Å². The van der Waals surface area contributed by atoms with Crippen molar-refractivity contribution in [2.24, 2.45) is 11.3 Å². The summed E-state index contributed by atoms with van der Waals surface area (Å²) in [5, 5.41) is 14.2. The Labute approximate surface area is 221 Å². The van der Waals surface area contributed by atoms with Crippen LogP contribution in [0.15, 0.2) is 24.4 Å². The van der Waals surface area contributed by atoms with Crippen LogP contribution < -0.4 is 4.74 Å². The highest BCUT2D eigenvalue weighted by Crippen LogP contribution is 2.41. The lowest BCUT2D eigenvalue weighted by Gasteiger charge is -2.50. The van der Waals surface area contributed by atoms with Crippen molar-refractivity contribution in [3.05, 3.63) is 24.4 Å². The van der Waals surface area contributed by atoms with E-state index in [1.165, 1.54) is 25.8 Å². The Kier molecular flexibility index (Phi) is 12.2. The number of halogens is 6. The molecule has 4 heterocycles. The molecule has 0 aromatic carbocycles. The predicted molar refractivity (Wildman–Crippen MR) is 123 cm³/mol. The number of fused-ring (bicyclic) bond motifs is 1. The lowest BCUT2D eigenvalue weighted by Crippen LogP contribution is -2.58. The zero-order valence-corrected chi connectivity index (χ0v) is 21.0. The van der Waals surface area contributed by atoms with Crippen LogP contribution in [0.4, 0.5) is 26.3 Å². The number of pyridine rings is 1. The number of aliphatic carboxylic acids is 2. The second-order valence-corrected chi connectivity index (χ2v) is 9.47. The van der Waals surface area contributed by atoms with Gasteiger partial charge in [0.05, 0.1) is 12.7 Å². The maximum Gasteiger partial charge on any atom is 0.490 e. The highest BCUT2D eigenvalue weighted by molar-refractivity contribution is 5.73. The fourth-order valence-electron chi connectivity index (χ4n) is 4.69. The average molecular weight is 575 g/mol. The largest absolute Gasteiger partial charge is 0.490 e. The Morgan fingerprint density at radius 3 is 2.18 bits per heavy atom. The first kappa shape index (κ1) is 32.6. The average Bonchev–Trinajstić information content (AvgIpc) is 2.88. The molecule has 1 aromatic rings. The van der Waals surface area contributed by atoms with E-state index in [9.17, 15) is 26.3 Å². The van der Waals surface area contributed by atoms with Crippen molar-refractivity contribution in [1.29, 1.82) is 0 Å². The molecule has 39 heavy (non-hydrogen) atoms. The first-order valence-corrected chi connectivity index (χ1v) is 12.3. The summed E-state index contributed by atoms with van der Waals surface area (Å²) in [6.07, 6.45) is -2.20. The SMILES string of the molecule is O=C(O)C(F)(F)F.O=C(O)C(F)(F)F.c1ccc(OCC23CCCOC2CCN(CC2CCOCC2)C3)nc1. The number of ether oxygens (including phenoxy) is 3. The number of rotatable bonds is 5. The van der Waals surface area contributed by atoms with E-state index >= 15 is 0 Å². The summed E-state index contributed by atoms with van der Waals surface area (Å²) in [6.45, 7) is 6.89. The Morgan fingerprint density at radius 1 is 1.03 bits per heavy atom. The van der Waals surface area contributed by atoms with E-state index in [0.717, 1.165) is 57.5 Å². The number of piperidine rings is 1. The summed E-state index contributed by atoms with van der Waals surface area (Å²) < 4.78 is 81.3. The summed E-state index contributed by atoms with van der Waals surface area (Å²) >= 11 is 0. The molecule has 0 amide bonds. The first-order valence-electron chi connectivity index (χ1n) is 12.3. The fourth-order valence-corrected chi connectivity index (χ4v) is 4.69. The smallest absolute Gasteiger partial charge is 0.477 e. The molecule has 0 spiro atoms. The Hall–Kier alpha value is -2.65. The summed E-state index contributed by atoms with van der Waals surface area (Å²) in [5.41, 5.74) is 0.110. The van der Waals surface area contributed by atoms with Gasteiger partial charge in [0.1, 0.15) is 0 Å². The van der Waals surface area contributed by atoms with Crippen LogP contribution in [0.5, 0.6) is 5.88 Å². The van der Waals surface area contributed by atoms with E-state index in [4.69, 9.17) is 34.0 Å². The molecule has 2 unspecified atom stereocenters. The molecule has 3 saturated heterocycles. The number of hydrogen-bond donors (Lipinski definition) is 2. The van der Waals surface area contributed by atoms with Crippen molar-refractivity contribution in [2.75, 3.05) is 46.1 Å². The topological polar surface area (TPSA) is 118 Å². The van der Waals surface area contributed by atoms with Crippen LogP contribution >= 0.6 is 0 Å². The summed E-state index contributed by atoms with van der Waals surface area (Å²) in [6, 6.07) is 5.85. The van der Waals surface area contributed by atoms with Crippen molar-refractivity contribution in [3.8, 4) is 5.88 Å². The van der Waals surface area contributed by atoms with Gasteiger partial charge in [-0.2, -0.15) is 26.3 Å². The third kappa shape index (κ3) is 11.2. The van der Waals surface area contributed by atoms with Crippen molar-refractivity contribution < 1.29 is 60.4 Å². The number of carbonyl (C=O) groups is 2. The van der Waals surface area contributed by atoms with Gasteiger partial charge >= 0.3 is 24.3 Å². The Bertz CT molecular complexity index is 873. The van der Waals surface area contributed by atoms with E-state index in [1.807, 2.05) is 18.2 Å². The molecule has 0 bridgehead atoms. The van der Waals surface area contributed by atoms with Crippen molar-refractivity contribution in [1.82, 2.24) is 9.88 Å². The molecule has 3 aliphatic rings. The molecule has 0 radical (unpaired) electrons. The molecule has 0 aliphatic carbocycles. The third-order valence-electron chi connectivity index (χ3n) is 6.55. The third-order valence-corrected chi connectivity index (χ3v) is 6.55. The van der Waals surface area contributed by atoms with Crippen molar-refractivity contribution in [2.45, 2.75) is 50.6 Å². The number of alkyl halides is 6. The molecule has 222 valence electrons. The summed E-state index contributed by atoms with van der Waals surface area (Å²) in [5.74, 6) is -4.01. The van der Waals surface area contributed by atoms with Crippen molar-refractivity contribution in [3.63, 3.8) is 0 Å². The van der Waals surface area contributed by atoms with Gasteiger partial charge in [-0.25, -0.2) is 14.6 Å². The number of carboxylic acid groups (broad SMARTS) is 2. The van der Waals surface area contributed by atoms with E-state index in [-0.39, 0.29) is 5.41 Å². The molecule has 15 heteroatoms. The molecule has 3 aliphatic heterocycles. The summed E-state index contributed by atoms with van der Waals surface area (Å²) in [4.78, 5) is 24.8. The van der Waals surface area contributed by atoms with Crippen LogP contribution in [0.1, 0.15) is 32.1 Å². The standard InChI is InChI=1S/C20H30N2O3.2C2HF3O2/c1-2-9-21-19(4-1)25-16-20-8-3-11-24-18(20)5-10-22(15-20)14-17-6-12-23-13-7-17;2*3-2(4,5)1(6)7/h1-2,4,9,17-18H,3,5-8,10-16H2;2*(H,6,7).